The van der Waals surface area contributed by atoms with Gasteiger partial charge in [-0.2, -0.15) is 0 Å². The SMILES string of the molecule is CNCC(NN)c1ccc2c(c1)N(C(=O)C1CC1)C[C@H](C)N2C(=O)OC. The van der Waals surface area contributed by atoms with Crippen LogP contribution in [0.15, 0.2) is 18.2 Å². The molecule has 1 unspecified atom stereocenters. The summed E-state index contributed by atoms with van der Waals surface area (Å²) in [6.45, 7) is 3.02. The number of ether oxygens (including phenoxy) is 1. The summed E-state index contributed by atoms with van der Waals surface area (Å²) in [6, 6.07) is 5.47. The van der Waals surface area contributed by atoms with Gasteiger partial charge in [0.05, 0.1) is 30.6 Å². The minimum atomic E-state index is -0.422. The van der Waals surface area contributed by atoms with Crippen molar-refractivity contribution >= 4 is 23.4 Å². The molecule has 8 heteroatoms. The molecule has 0 spiro atoms. The summed E-state index contributed by atoms with van der Waals surface area (Å²) in [5, 5.41) is 3.10. The first-order valence-electron chi connectivity index (χ1n) is 8.95. The van der Waals surface area contributed by atoms with Gasteiger partial charge in [0, 0.05) is 19.0 Å². The maximum atomic E-state index is 12.8. The molecule has 1 aliphatic heterocycles. The van der Waals surface area contributed by atoms with Crippen molar-refractivity contribution in [3.8, 4) is 0 Å². The Labute approximate surface area is 153 Å². The van der Waals surface area contributed by atoms with Crippen molar-refractivity contribution in [3.05, 3.63) is 23.8 Å². The first-order valence-corrected chi connectivity index (χ1v) is 8.95. The number of amides is 2. The van der Waals surface area contributed by atoms with Gasteiger partial charge >= 0.3 is 6.09 Å². The van der Waals surface area contributed by atoms with Gasteiger partial charge < -0.3 is 15.0 Å². The molecule has 1 aliphatic carbocycles. The highest BCUT2D eigenvalue weighted by atomic mass is 16.5. The average molecular weight is 361 g/mol. The molecular weight excluding hydrogens is 334 g/mol. The van der Waals surface area contributed by atoms with Crippen molar-refractivity contribution in [2.45, 2.75) is 31.8 Å². The Morgan fingerprint density at radius 2 is 2.08 bits per heavy atom. The highest BCUT2D eigenvalue weighted by molar-refractivity contribution is 6.04. The molecule has 26 heavy (non-hydrogen) atoms. The van der Waals surface area contributed by atoms with E-state index in [2.05, 4.69) is 10.7 Å². The van der Waals surface area contributed by atoms with E-state index in [0.717, 1.165) is 24.1 Å². The summed E-state index contributed by atoms with van der Waals surface area (Å²) in [5.74, 6) is 5.91. The van der Waals surface area contributed by atoms with Gasteiger partial charge in [-0.15, -0.1) is 0 Å². The Hall–Kier alpha value is -2.16. The van der Waals surface area contributed by atoms with E-state index in [1.807, 2.05) is 37.1 Å². The fraction of sp³-hybridized carbons (Fsp3) is 0.556. The van der Waals surface area contributed by atoms with Crippen molar-refractivity contribution in [1.29, 1.82) is 0 Å². The van der Waals surface area contributed by atoms with Crippen molar-refractivity contribution in [1.82, 2.24) is 10.7 Å². The number of fused-ring (bicyclic) bond motifs is 1. The molecule has 142 valence electrons. The number of benzene rings is 1. The van der Waals surface area contributed by atoms with E-state index in [1.165, 1.54) is 7.11 Å². The molecule has 1 fully saturated rings. The quantitative estimate of drug-likeness (QED) is 0.537. The van der Waals surface area contributed by atoms with E-state index in [1.54, 1.807) is 4.90 Å². The van der Waals surface area contributed by atoms with Crippen molar-refractivity contribution in [2.24, 2.45) is 11.8 Å². The monoisotopic (exact) mass is 361 g/mol. The predicted octanol–water partition coefficient (Wildman–Crippen LogP) is 1.13. The van der Waals surface area contributed by atoms with Gasteiger partial charge in [0.1, 0.15) is 0 Å². The second-order valence-electron chi connectivity index (χ2n) is 6.94. The zero-order chi connectivity index (χ0) is 18.8. The average Bonchev–Trinajstić information content (AvgIpc) is 3.49. The molecule has 0 radical (unpaired) electrons. The molecule has 2 atom stereocenters. The standard InChI is InChI=1S/C18H27N5O3/c1-11-10-22(17(24)12-4-5-12)16-8-13(14(21-19)9-20-2)6-7-15(16)23(11)18(25)26-3/h6-8,11-12,14,20-21H,4-5,9-10,19H2,1-3H3/t11-,14?/m0/s1. The van der Waals surface area contributed by atoms with Crippen LogP contribution < -0.4 is 26.4 Å². The van der Waals surface area contributed by atoms with Crippen molar-refractivity contribution in [3.63, 3.8) is 0 Å². The summed E-state index contributed by atoms with van der Waals surface area (Å²) < 4.78 is 4.95. The number of carbonyl (C=O) groups excluding carboxylic acids is 2. The molecule has 0 aromatic heterocycles. The van der Waals surface area contributed by atoms with Crippen LogP contribution in [0.1, 0.15) is 31.4 Å². The normalized spacial score (nSPS) is 20.5. The molecule has 0 bridgehead atoms. The van der Waals surface area contributed by atoms with Crippen LogP contribution in [0.5, 0.6) is 0 Å². The van der Waals surface area contributed by atoms with Crippen LogP contribution in [0.2, 0.25) is 0 Å². The Balaban J connectivity index is 2.04. The number of hydrogen-bond acceptors (Lipinski definition) is 6. The lowest BCUT2D eigenvalue weighted by atomic mass is 10.0. The fourth-order valence-corrected chi connectivity index (χ4v) is 3.47. The van der Waals surface area contributed by atoms with Crippen LogP contribution in [-0.2, 0) is 9.53 Å². The highest BCUT2D eigenvalue weighted by Gasteiger charge is 2.40. The third-order valence-electron chi connectivity index (χ3n) is 5.01. The number of carbonyl (C=O) groups is 2. The topological polar surface area (TPSA) is 99.9 Å². The van der Waals surface area contributed by atoms with Crippen LogP contribution in [0.25, 0.3) is 0 Å². The third-order valence-corrected chi connectivity index (χ3v) is 5.01. The molecular formula is C18H27N5O3. The summed E-state index contributed by atoms with van der Waals surface area (Å²) in [7, 11) is 3.22. The Morgan fingerprint density at radius 3 is 2.65 bits per heavy atom. The molecule has 1 aromatic carbocycles. The second-order valence-corrected chi connectivity index (χ2v) is 6.94. The van der Waals surface area contributed by atoms with Crippen molar-refractivity contribution in [2.75, 3.05) is 37.0 Å². The first-order chi connectivity index (χ1) is 12.5. The van der Waals surface area contributed by atoms with Crippen LogP contribution in [0.3, 0.4) is 0 Å². The zero-order valence-corrected chi connectivity index (χ0v) is 15.5. The maximum Gasteiger partial charge on any atom is 0.414 e. The van der Waals surface area contributed by atoms with E-state index < -0.39 is 6.09 Å². The number of nitrogens with one attached hydrogen (secondary N) is 2. The molecule has 4 N–H and O–H groups in total. The Morgan fingerprint density at radius 1 is 1.35 bits per heavy atom. The number of rotatable bonds is 5. The van der Waals surface area contributed by atoms with E-state index in [9.17, 15) is 9.59 Å². The number of hydrogen-bond donors (Lipinski definition) is 3. The lowest BCUT2D eigenvalue weighted by molar-refractivity contribution is -0.119. The largest absolute Gasteiger partial charge is 0.452 e. The minimum Gasteiger partial charge on any atom is -0.452 e. The number of nitrogens with zero attached hydrogens (tertiary/aromatic N) is 2. The summed E-state index contributed by atoms with van der Waals surface area (Å²) in [5.41, 5.74) is 5.16. The van der Waals surface area contributed by atoms with E-state index in [4.69, 9.17) is 10.6 Å². The first kappa shape index (κ1) is 18.6. The number of anilines is 2. The van der Waals surface area contributed by atoms with Gasteiger partial charge in [-0.05, 0) is 44.5 Å². The lowest BCUT2D eigenvalue weighted by Crippen LogP contribution is -2.52. The van der Waals surface area contributed by atoms with Crippen LogP contribution in [-0.4, -0.2) is 45.3 Å². The van der Waals surface area contributed by atoms with E-state index >= 15 is 0 Å². The zero-order valence-electron chi connectivity index (χ0n) is 15.5. The Kier molecular flexibility index (Phi) is 5.45. The van der Waals surface area contributed by atoms with Crippen LogP contribution >= 0.6 is 0 Å². The smallest absolute Gasteiger partial charge is 0.414 e. The highest BCUT2D eigenvalue weighted by Crippen LogP contribution is 2.41. The molecule has 8 nitrogen and oxygen atoms in total. The van der Waals surface area contributed by atoms with Gasteiger partial charge in [-0.1, -0.05) is 6.07 Å². The van der Waals surface area contributed by atoms with Gasteiger partial charge in [-0.25, -0.2) is 4.79 Å². The summed E-state index contributed by atoms with van der Waals surface area (Å²) >= 11 is 0. The molecule has 2 aliphatic rings. The minimum absolute atomic E-state index is 0.101. The molecule has 1 aromatic rings. The van der Waals surface area contributed by atoms with Gasteiger partial charge in [0.15, 0.2) is 0 Å². The van der Waals surface area contributed by atoms with Crippen LogP contribution in [0, 0.1) is 5.92 Å². The molecule has 1 saturated carbocycles. The lowest BCUT2D eigenvalue weighted by Gasteiger charge is -2.40. The fourth-order valence-electron chi connectivity index (χ4n) is 3.47. The molecule has 2 amide bonds. The summed E-state index contributed by atoms with van der Waals surface area (Å²) in [4.78, 5) is 28.6. The maximum absolute atomic E-state index is 12.8. The van der Waals surface area contributed by atoms with E-state index in [0.29, 0.717) is 18.8 Å². The molecule has 0 saturated heterocycles. The van der Waals surface area contributed by atoms with Gasteiger partial charge in [0.2, 0.25) is 5.91 Å². The number of methoxy groups -OCH3 is 1. The number of hydrazine groups is 1. The van der Waals surface area contributed by atoms with Crippen molar-refractivity contribution < 1.29 is 14.3 Å². The number of likely N-dealkylation sites (N-methyl/N-ethyl adjacent to an activating group) is 1. The van der Waals surface area contributed by atoms with Gasteiger partial charge in [0.25, 0.3) is 0 Å². The van der Waals surface area contributed by atoms with Crippen LogP contribution in [0.4, 0.5) is 16.2 Å². The summed E-state index contributed by atoms with van der Waals surface area (Å²) in [6.07, 6.45) is 1.45. The number of nitrogens with two attached hydrogens (primary N) is 1. The Bertz CT molecular complexity index is 691. The molecule has 1 heterocycles. The third kappa shape index (κ3) is 3.40. The second kappa shape index (κ2) is 7.61. The predicted molar refractivity (Wildman–Crippen MR) is 99.9 cm³/mol. The van der Waals surface area contributed by atoms with E-state index in [-0.39, 0.29) is 23.9 Å². The molecule has 3 rings (SSSR count). The van der Waals surface area contributed by atoms with Gasteiger partial charge in [-0.3, -0.25) is 21.0 Å².